The molecule has 0 radical (unpaired) electrons. The van der Waals surface area contributed by atoms with Crippen LogP contribution < -0.4 is 10.2 Å². The van der Waals surface area contributed by atoms with Crippen LogP contribution in [0.25, 0.3) is 0 Å². The molecule has 0 fully saturated rings. The van der Waals surface area contributed by atoms with E-state index in [0.29, 0.717) is 10.7 Å². The summed E-state index contributed by atoms with van der Waals surface area (Å²) in [5.74, 6) is -0.127. The van der Waals surface area contributed by atoms with E-state index in [1.165, 1.54) is 11.3 Å². The molecule has 1 aromatic heterocycles. The van der Waals surface area contributed by atoms with Crippen molar-refractivity contribution in [1.82, 2.24) is 4.98 Å². The van der Waals surface area contributed by atoms with E-state index in [0.717, 1.165) is 16.3 Å². The van der Waals surface area contributed by atoms with E-state index < -0.39 is 0 Å². The molecule has 0 saturated carbocycles. The normalized spacial score (nSPS) is 10.3. The summed E-state index contributed by atoms with van der Waals surface area (Å²) in [6.07, 6.45) is 0. The number of aryl methyl sites for hydroxylation is 2. The standard InChI is InChI=1S/C14H17N3OS/c1-9-10(2)19-14(15-9)16-13(18)11-7-5-6-8-12(11)17(3)4/h5-8H,1-4H3,(H,15,16,18). The molecule has 100 valence electrons. The van der Waals surface area contributed by atoms with Gasteiger partial charge in [-0.15, -0.1) is 11.3 Å². The topological polar surface area (TPSA) is 45.2 Å². The molecule has 2 aromatic rings. The highest BCUT2D eigenvalue weighted by Gasteiger charge is 2.14. The quantitative estimate of drug-likeness (QED) is 0.936. The molecule has 0 spiro atoms. The SMILES string of the molecule is Cc1nc(NC(=O)c2ccccc2N(C)C)sc1C. The highest BCUT2D eigenvalue weighted by atomic mass is 32.1. The number of carbonyl (C=O) groups is 1. The molecule has 19 heavy (non-hydrogen) atoms. The van der Waals surface area contributed by atoms with Gasteiger partial charge in [-0.1, -0.05) is 12.1 Å². The van der Waals surface area contributed by atoms with E-state index in [4.69, 9.17) is 0 Å². The number of aromatic nitrogens is 1. The number of anilines is 2. The van der Waals surface area contributed by atoms with Crippen molar-refractivity contribution < 1.29 is 4.79 Å². The van der Waals surface area contributed by atoms with Crippen LogP contribution in [-0.4, -0.2) is 25.0 Å². The summed E-state index contributed by atoms with van der Waals surface area (Å²) in [6.45, 7) is 3.94. The van der Waals surface area contributed by atoms with Crippen LogP contribution in [0, 0.1) is 13.8 Å². The average Bonchev–Trinajstić information content (AvgIpc) is 2.68. The van der Waals surface area contributed by atoms with Crippen LogP contribution in [0.15, 0.2) is 24.3 Å². The maximum absolute atomic E-state index is 12.3. The first-order valence-corrected chi connectivity index (χ1v) is 6.82. The fraction of sp³-hybridized carbons (Fsp3) is 0.286. The molecule has 0 aliphatic rings. The monoisotopic (exact) mass is 275 g/mol. The van der Waals surface area contributed by atoms with Gasteiger partial charge >= 0.3 is 0 Å². The van der Waals surface area contributed by atoms with Crippen LogP contribution in [0.2, 0.25) is 0 Å². The minimum atomic E-state index is -0.127. The Bertz CT molecular complexity index is 585. The zero-order valence-electron chi connectivity index (χ0n) is 11.5. The zero-order valence-corrected chi connectivity index (χ0v) is 12.3. The maximum Gasteiger partial charge on any atom is 0.259 e. The molecule has 1 heterocycles. The van der Waals surface area contributed by atoms with Gasteiger partial charge < -0.3 is 4.90 Å². The number of nitrogens with zero attached hydrogens (tertiary/aromatic N) is 2. The van der Waals surface area contributed by atoms with Crippen molar-refractivity contribution in [3.8, 4) is 0 Å². The number of nitrogens with one attached hydrogen (secondary N) is 1. The molecule has 0 atom stereocenters. The lowest BCUT2D eigenvalue weighted by atomic mass is 10.1. The van der Waals surface area contributed by atoms with Gasteiger partial charge in [-0.05, 0) is 26.0 Å². The van der Waals surface area contributed by atoms with E-state index >= 15 is 0 Å². The second-order valence-corrected chi connectivity index (χ2v) is 5.73. The van der Waals surface area contributed by atoms with E-state index in [9.17, 15) is 4.79 Å². The number of thiazole rings is 1. The molecule has 1 N–H and O–H groups in total. The highest BCUT2D eigenvalue weighted by Crippen LogP contribution is 2.24. The van der Waals surface area contributed by atoms with Crippen LogP contribution >= 0.6 is 11.3 Å². The first-order chi connectivity index (χ1) is 8.99. The lowest BCUT2D eigenvalue weighted by Crippen LogP contribution is -2.18. The van der Waals surface area contributed by atoms with Crippen molar-refractivity contribution in [2.75, 3.05) is 24.3 Å². The number of benzene rings is 1. The average molecular weight is 275 g/mol. The number of rotatable bonds is 3. The Labute approximate surface area is 117 Å². The molecule has 4 nitrogen and oxygen atoms in total. The molecule has 5 heteroatoms. The van der Waals surface area contributed by atoms with E-state index in [-0.39, 0.29) is 5.91 Å². The summed E-state index contributed by atoms with van der Waals surface area (Å²) in [6, 6.07) is 7.52. The van der Waals surface area contributed by atoms with E-state index in [1.54, 1.807) is 0 Å². The second kappa shape index (κ2) is 5.40. The highest BCUT2D eigenvalue weighted by molar-refractivity contribution is 7.15. The van der Waals surface area contributed by atoms with Gasteiger partial charge in [0.2, 0.25) is 0 Å². The molecule has 1 amide bonds. The number of carbonyl (C=O) groups excluding carboxylic acids is 1. The Morgan fingerprint density at radius 3 is 2.53 bits per heavy atom. The van der Waals surface area contributed by atoms with Crippen molar-refractivity contribution in [2.45, 2.75) is 13.8 Å². The van der Waals surface area contributed by atoms with Crippen LogP contribution in [-0.2, 0) is 0 Å². The smallest absolute Gasteiger partial charge is 0.259 e. The second-order valence-electron chi connectivity index (χ2n) is 4.53. The molecule has 0 unspecified atom stereocenters. The predicted octanol–water partition coefficient (Wildman–Crippen LogP) is 3.08. The Kier molecular flexibility index (Phi) is 3.85. The van der Waals surface area contributed by atoms with Gasteiger partial charge in [-0.3, -0.25) is 10.1 Å². The minimum Gasteiger partial charge on any atom is -0.377 e. The van der Waals surface area contributed by atoms with Crippen LogP contribution in [0.5, 0.6) is 0 Å². The van der Waals surface area contributed by atoms with Crippen LogP contribution in [0.3, 0.4) is 0 Å². The van der Waals surface area contributed by atoms with Crippen molar-refractivity contribution >= 4 is 28.1 Å². The molecule has 1 aromatic carbocycles. The molecular weight excluding hydrogens is 258 g/mol. The number of amides is 1. The molecule has 0 saturated heterocycles. The number of hydrogen-bond donors (Lipinski definition) is 1. The molecule has 0 bridgehead atoms. The van der Waals surface area contributed by atoms with E-state index in [1.807, 2.05) is 57.1 Å². The summed E-state index contributed by atoms with van der Waals surface area (Å²) < 4.78 is 0. The van der Waals surface area contributed by atoms with Crippen molar-refractivity contribution in [3.05, 3.63) is 40.4 Å². The fourth-order valence-electron chi connectivity index (χ4n) is 1.75. The van der Waals surface area contributed by atoms with E-state index in [2.05, 4.69) is 10.3 Å². The van der Waals surface area contributed by atoms with Crippen LogP contribution in [0.1, 0.15) is 20.9 Å². The Morgan fingerprint density at radius 1 is 1.26 bits per heavy atom. The van der Waals surface area contributed by atoms with Gasteiger partial charge in [0.15, 0.2) is 5.13 Å². The third-order valence-corrected chi connectivity index (χ3v) is 3.87. The summed E-state index contributed by atoms with van der Waals surface area (Å²) in [5.41, 5.74) is 2.50. The lowest BCUT2D eigenvalue weighted by molar-refractivity contribution is 0.102. The summed E-state index contributed by atoms with van der Waals surface area (Å²) in [7, 11) is 3.84. The summed E-state index contributed by atoms with van der Waals surface area (Å²) >= 11 is 1.49. The Morgan fingerprint density at radius 2 is 1.95 bits per heavy atom. The molecular formula is C14H17N3OS. The molecule has 2 rings (SSSR count). The fourth-order valence-corrected chi connectivity index (χ4v) is 2.56. The van der Waals surface area contributed by atoms with Crippen LogP contribution in [0.4, 0.5) is 10.8 Å². The zero-order chi connectivity index (χ0) is 14.0. The largest absolute Gasteiger partial charge is 0.377 e. The summed E-state index contributed by atoms with van der Waals surface area (Å²) in [5, 5.41) is 3.50. The Balaban J connectivity index is 2.25. The third kappa shape index (κ3) is 2.93. The van der Waals surface area contributed by atoms with Gasteiger partial charge in [-0.25, -0.2) is 4.98 Å². The van der Waals surface area contributed by atoms with Gasteiger partial charge in [0.1, 0.15) is 0 Å². The van der Waals surface area contributed by atoms with Crippen molar-refractivity contribution in [1.29, 1.82) is 0 Å². The van der Waals surface area contributed by atoms with Gasteiger partial charge in [0, 0.05) is 24.7 Å². The first-order valence-electron chi connectivity index (χ1n) is 6.00. The molecule has 0 aliphatic heterocycles. The van der Waals surface area contributed by atoms with Crippen molar-refractivity contribution in [2.24, 2.45) is 0 Å². The minimum absolute atomic E-state index is 0.127. The lowest BCUT2D eigenvalue weighted by Gasteiger charge is -2.16. The van der Waals surface area contributed by atoms with Gasteiger partial charge in [-0.2, -0.15) is 0 Å². The number of para-hydroxylation sites is 1. The number of hydrogen-bond acceptors (Lipinski definition) is 4. The third-order valence-electron chi connectivity index (χ3n) is 2.88. The predicted molar refractivity (Wildman–Crippen MR) is 80.3 cm³/mol. The van der Waals surface area contributed by atoms with Gasteiger partial charge in [0.05, 0.1) is 11.3 Å². The van der Waals surface area contributed by atoms with Crippen molar-refractivity contribution in [3.63, 3.8) is 0 Å². The molecule has 0 aliphatic carbocycles. The Hall–Kier alpha value is -1.88. The summed E-state index contributed by atoms with van der Waals surface area (Å²) in [4.78, 5) is 19.7. The first kappa shape index (κ1) is 13.5. The maximum atomic E-state index is 12.3. The van der Waals surface area contributed by atoms with Gasteiger partial charge in [0.25, 0.3) is 5.91 Å².